The number of aromatic nitrogens is 5. The molecule has 9 aromatic rings. The Balaban J connectivity index is 1.02. The summed E-state index contributed by atoms with van der Waals surface area (Å²) in [5.74, 6) is 0.592. The number of hydrogen-bond acceptors (Lipinski definition) is 5. The smallest absolute Gasteiger partial charge is 0.179 e. The third-order valence-electron chi connectivity index (χ3n) is 10.6. The summed E-state index contributed by atoms with van der Waals surface area (Å²) >= 11 is 0. The number of nitrogens with zero attached hydrogens (tertiary/aromatic N) is 5. The zero-order chi connectivity index (χ0) is 35.5. The molecule has 4 aromatic heterocycles. The maximum Gasteiger partial charge on any atom is 0.179 e. The van der Waals surface area contributed by atoms with E-state index in [2.05, 4.69) is 134 Å². The normalized spacial score (nSPS) is 12.9. The number of rotatable bonds is 5. The van der Waals surface area contributed by atoms with E-state index in [1.807, 2.05) is 42.5 Å². The van der Waals surface area contributed by atoms with Crippen molar-refractivity contribution >= 4 is 21.8 Å². The van der Waals surface area contributed by atoms with Crippen LogP contribution in [0.25, 0.3) is 89.5 Å². The van der Waals surface area contributed by atoms with Gasteiger partial charge in [0, 0.05) is 44.6 Å². The molecular weight excluding hydrogens is 647 g/mol. The van der Waals surface area contributed by atoms with E-state index >= 15 is 0 Å². The van der Waals surface area contributed by atoms with Gasteiger partial charge >= 0.3 is 0 Å². The number of fused-ring (bicyclic) bond motifs is 6. The van der Waals surface area contributed by atoms with E-state index in [9.17, 15) is 0 Å². The minimum Gasteiger partial charge on any atom is -0.253 e. The van der Waals surface area contributed by atoms with Crippen LogP contribution in [0.15, 0.2) is 164 Å². The maximum atomic E-state index is 5.27. The summed E-state index contributed by atoms with van der Waals surface area (Å²) in [6, 6.07) is 54.8. The van der Waals surface area contributed by atoms with E-state index in [1.165, 1.54) is 22.3 Å². The SMILES string of the molecule is CC1(C)c2ccccc2-c2ccc(-c3ccc4ccc5ccc(-c6ccc(-c7cc(-c8ccccc8)nc(-c8ccccn8)n7)cc6)nc5c4n3)cc21. The van der Waals surface area contributed by atoms with Crippen LogP contribution in [0.3, 0.4) is 0 Å². The molecule has 5 heteroatoms. The molecule has 0 saturated heterocycles. The average Bonchev–Trinajstić information content (AvgIpc) is 3.46. The lowest BCUT2D eigenvalue weighted by Crippen LogP contribution is -2.14. The van der Waals surface area contributed by atoms with Crippen LogP contribution in [-0.2, 0) is 5.41 Å². The average molecular weight is 680 g/mol. The first-order valence-electron chi connectivity index (χ1n) is 17.9. The van der Waals surface area contributed by atoms with E-state index in [0.717, 1.165) is 72.5 Å². The van der Waals surface area contributed by atoms with Crippen molar-refractivity contribution in [2.24, 2.45) is 0 Å². The first kappa shape index (κ1) is 30.9. The quantitative estimate of drug-likeness (QED) is 0.169. The Bertz CT molecular complexity index is 2790. The summed E-state index contributed by atoms with van der Waals surface area (Å²) in [6.45, 7) is 4.63. The summed E-state index contributed by atoms with van der Waals surface area (Å²) in [7, 11) is 0. The van der Waals surface area contributed by atoms with Gasteiger partial charge in [0.1, 0.15) is 5.69 Å². The van der Waals surface area contributed by atoms with Crippen molar-refractivity contribution in [3.63, 3.8) is 0 Å². The number of hydrogen-bond donors (Lipinski definition) is 0. The van der Waals surface area contributed by atoms with Crippen molar-refractivity contribution in [3.8, 4) is 67.7 Å². The van der Waals surface area contributed by atoms with Crippen molar-refractivity contribution in [1.29, 1.82) is 0 Å². The Morgan fingerprint density at radius 2 is 0.925 bits per heavy atom. The monoisotopic (exact) mass is 679 g/mol. The minimum atomic E-state index is -0.0729. The van der Waals surface area contributed by atoms with Crippen LogP contribution in [0, 0.1) is 0 Å². The van der Waals surface area contributed by atoms with Crippen LogP contribution in [0.1, 0.15) is 25.0 Å². The van der Waals surface area contributed by atoms with Crippen LogP contribution in [0.2, 0.25) is 0 Å². The molecule has 0 radical (unpaired) electrons. The second-order valence-corrected chi connectivity index (χ2v) is 14.2. The van der Waals surface area contributed by atoms with Gasteiger partial charge in [-0.1, -0.05) is 135 Å². The van der Waals surface area contributed by atoms with Gasteiger partial charge in [0.2, 0.25) is 0 Å². The molecule has 0 saturated carbocycles. The lowest BCUT2D eigenvalue weighted by atomic mass is 9.82. The minimum absolute atomic E-state index is 0.0729. The van der Waals surface area contributed by atoms with Gasteiger partial charge in [-0.15, -0.1) is 0 Å². The number of benzene rings is 5. The van der Waals surface area contributed by atoms with Crippen molar-refractivity contribution in [2.75, 3.05) is 0 Å². The first-order chi connectivity index (χ1) is 26.0. The summed E-state index contributed by atoms with van der Waals surface area (Å²) in [6.07, 6.45) is 1.77. The van der Waals surface area contributed by atoms with Crippen LogP contribution in [-0.4, -0.2) is 24.9 Å². The molecule has 4 heterocycles. The van der Waals surface area contributed by atoms with Crippen LogP contribution >= 0.6 is 0 Å². The topological polar surface area (TPSA) is 64.5 Å². The summed E-state index contributed by atoms with van der Waals surface area (Å²) < 4.78 is 0. The van der Waals surface area contributed by atoms with Gasteiger partial charge in [-0.05, 0) is 58.7 Å². The van der Waals surface area contributed by atoms with Gasteiger partial charge in [-0.25, -0.2) is 19.9 Å². The highest BCUT2D eigenvalue weighted by atomic mass is 14.9. The summed E-state index contributed by atoms with van der Waals surface area (Å²) in [5.41, 5.74) is 15.5. The van der Waals surface area contributed by atoms with Crippen LogP contribution in [0.4, 0.5) is 0 Å². The molecule has 0 unspecified atom stereocenters. The Labute approximate surface area is 307 Å². The molecule has 1 aliphatic carbocycles. The third kappa shape index (κ3) is 5.28. The second-order valence-electron chi connectivity index (χ2n) is 14.2. The van der Waals surface area contributed by atoms with Gasteiger partial charge in [0.05, 0.1) is 33.8 Å². The first-order valence-corrected chi connectivity index (χ1v) is 17.9. The zero-order valence-corrected chi connectivity index (χ0v) is 29.3. The van der Waals surface area contributed by atoms with Crippen LogP contribution < -0.4 is 0 Å². The molecule has 0 amide bonds. The second kappa shape index (κ2) is 12.1. The maximum absolute atomic E-state index is 5.27. The van der Waals surface area contributed by atoms with Gasteiger partial charge in [-0.2, -0.15) is 0 Å². The third-order valence-corrected chi connectivity index (χ3v) is 10.6. The fourth-order valence-electron chi connectivity index (χ4n) is 7.73. The van der Waals surface area contributed by atoms with Gasteiger partial charge in [0.25, 0.3) is 0 Å². The zero-order valence-electron chi connectivity index (χ0n) is 29.3. The highest BCUT2D eigenvalue weighted by Crippen LogP contribution is 2.49. The number of pyridine rings is 3. The lowest BCUT2D eigenvalue weighted by molar-refractivity contribution is 0.660. The largest absolute Gasteiger partial charge is 0.253 e. The highest BCUT2D eigenvalue weighted by molar-refractivity contribution is 6.04. The van der Waals surface area contributed by atoms with Gasteiger partial charge in [-0.3, -0.25) is 4.98 Å². The van der Waals surface area contributed by atoms with E-state index < -0.39 is 0 Å². The molecule has 0 spiro atoms. The van der Waals surface area contributed by atoms with Crippen molar-refractivity contribution in [2.45, 2.75) is 19.3 Å². The van der Waals surface area contributed by atoms with Gasteiger partial charge < -0.3 is 0 Å². The molecule has 53 heavy (non-hydrogen) atoms. The standard InChI is InChI=1S/C48H33N5/c1-48(2)38-13-7-6-12-36(38)37-24-21-35(28-39(37)48)41-26-23-34-20-19-33-22-25-40(50-45(33)46(34)51-41)31-15-17-32(18-16-31)44-29-43(30-10-4-3-5-11-30)52-47(53-44)42-14-8-9-27-49-42/h3-29H,1-2H3. The fraction of sp³-hybridized carbons (Fsp3) is 0.0625. The Morgan fingerprint density at radius 3 is 1.60 bits per heavy atom. The molecule has 5 aromatic carbocycles. The molecule has 1 aliphatic rings. The fourth-order valence-corrected chi connectivity index (χ4v) is 7.73. The van der Waals surface area contributed by atoms with E-state index in [1.54, 1.807) is 6.20 Å². The van der Waals surface area contributed by atoms with E-state index in [0.29, 0.717) is 5.82 Å². The predicted molar refractivity (Wildman–Crippen MR) is 215 cm³/mol. The molecular formula is C48H33N5. The molecule has 0 bridgehead atoms. The molecule has 0 fully saturated rings. The molecule has 0 aliphatic heterocycles. The molecule has 0 N–H and O–H groups in total. The summed E-state index contributed by atoms with van der Waals surface area (Å²) in [5, 5.41) is 2.13. The van der Waals surface area contributed by atoms with Crippen molar-refractivity contribution in [3.05, 3.63) is 175 Å². The highest BCUT2D eigenvalue weighted by Gasteiger charge is 2.35. The Kier molecular flexibility index (Phi) is 7.08. The Morgan fingerprint density at radius 1 is 0.377 bits per heavy atom. The van der Waals surface area contributed by atoms with Crippen LogP contribution in [0.5, 0.6) is 0 Å². The van der Waals surface area contributed by atoms with Crippen molar-refractivity contribution < 1.29 is 0 Å². The molecule has 0 atom stereocenters. The van der Waals surface area contributed by atoms with E-state index in [4.69, 9.17) is 19.9 Å². The molecule has 250 valence electrons. The van der Waals surface area contributed by atoms with Gasteiger partial charge in [0.15, 0.2) is 5.82 Å². The lowest BCUT2D eigenvalue weighted by Gasteiger charge is -2.21. The van der Waals surface area contributed by atoms with E-state index in [-0.39, 0.29) is 5.41 Å². The molecule has 5 nitrogen and oxygen atoms in total. The molecule has 10 rings (SSSR count). The predicted octanol–water partition coefficient (Wildman–Crippen LogP) is 11.6. The summed E-state index contributed by atoms with van der Waals surface area (Å²) in [4.78, 5) is 24.9. The van der Waals surface area contributed by atoms with Crippen molar-refractivity contribution in [1.82, 2.24) is 24.9 Å². The Hall–Kier alpha value is -6.85.